The molecule has 0 aliphatic heterocycles. The van der Waals surface area contributed by atoms with E-state index < -0.39 is 0 Å². The van der Waals surface area contributed by atoms with Crippen LogP contribution in [0.4, 0.5) is 0 Å². The van der Waals surface area contributed by atoms with Crippen molar-refractivity contribution in [3.63, 3.8) is 0 Å². The Balaban J connectivity index is 1.80. The third-order valence-corrected chi connectivity index (χ3v) is 4.44. The third-order valence-electron chi connectivity index (χ3n) is 4.44. The van der Waals surface area contributed by atoms with Crippen LogP contribution in [0.25, 0.3) is 0 Å². The molecule has 1 heterocycles. The molecule has 1 fully saturated rings. The molecule has 0 atom stereocenters. The van der Waals surface area contributed by atoms with Crippen LogP contribution in [0.15, 0.2) is 12.1 Å². The summed E-state index contributed by atoms with van der Waals surface area (Å²) in [6.45, 7) is 4.44. The molecule has 1 aliphatic rings. The molecule has 1 aromatic heterocycles. The molecule has 0 radical (unpaired) electrons. The Bertz CT molecular complexity index is 459. The molecule has 0 N–H and O–H groups in total. The number of rotatable bonds is 5. The molecule has 1 aromatic rings. The maximum atomic E-state index is 4.23. The molecule has 0 saturated heterocycles. The van der Waals surface area contributed by atoms with Crippen molar-refractivity contribution in [3.05, 3.63) is 23.5 Å². The van der Waals surface area contributed by atoms with Gasteiger partial charge in [0, 0.05) is 5.92 Å². The summed E-state index contributed by atoms with van der Waals surface area (Å²) in [4.78, 5) is 0. The zero-order valence-electron chi connectivity index (χ0n) is 13.6. The second-order valence-corrected chi connectivity index (χ2v) is 6.29. The Morgan fingerprint density at radius 1 is 1.05 bits per heavy atom. The SMILES string of the molecule is CCCC[C@H]1CC[C@H](C#Cc2ccc(CCC)nn2)CC1. The summed E-state index contributed by atoms with van der Waals surface area (Å²) in [5.74, 6) is 8.16. The number of nitrogens with zero attached hydrogens (tertiary/aromatic N) is 2. The topological polar surface area (TPSA) is 25.8 Å². The van der Waals surface area contributed by atoms with E-state index in [1.165, 1.54) is 44.9 Å². The fourth-order valence-corrected chi connectivity index (χ4v) is 3.08. The molecular formula is C19H28N2. The molecule has 2 nitrogen and oxygen atoms in total. The molecule has 0 unspecified atom stereocenters. The van der Waals surface area contributed by atoms with Gasteiger partial charge in [-0.3, -0.25) is 0 Å². The maximum Gasteiger partial charge on any atom is 0.135 e. The van der Waals surface area contributed by atoms with Crippen LogP contribution < -0.4 is 0 Å². The Hall–Kier alpha value is -1.36. The van der Waals surface area contributed by atoms with Crippen LogP contribution in [0.3, 0.4) is 0 Å². The number of aromatic nitrogens is 2. The van der Waals surface area contributed by atoms with E-state index in [-0.39, 0.29) is 0 Å². The molecule has 1 aliphatic carbocycles. The second-order valence-electron chi connectivity index (χ2n) is 6.29. The van der Waals surface area contributed by atoms with Crippen molar-refractivity contribution in [1.29, 1.82) is 0 Å². The first-order chi connectivity index (χ1) is 10.3. The predicted octanol–water partition coefficient (Wildman–Crippen LogP) is 4.78. The van der Waals surface area contributed by atoms with E-state index >= 15 is 0 Å². The Kier molecular flexibility index (Phi) is 6.73. The van der Waals surface area contributed by atoms with Gasteiger partial charge < -0.3 is 0 Å². The summed E-state index contributed by atoms with van der Waals surface area (Å²) >= 11 is 0. The van der Waals surface area contributed by atoms with E-state index in [4.69, 9.17) is 0 Å². The first kappa shape index (κ1) is 16.0. The van der Waals surface area contributed by atoms with Crippen molar-refractivity contribution >= 4 is 0 Å². The number of hydrogen-bond acceptors (Lipinski definition) is 2. The zero-order valence-corrected chi connectivity index (χ0v) is 13.6. The standard InChI is InChI=1S/C19H28N2/c1-3-5-7-16-8-10-17(11-9-16)12-13-19-15-14-18(6-4-2)20-21-19/h14-17H,3-11H2,1-2H3/t16-,17-. The van der Waals surface area contributed by atoms with E-state index in [1.807, 2.05) is 6.07 Å². The van der Waals surface area contributed by atoms with Gasteiger partial charge >= 0.3 is 0 Å². The van der Waals surface area contributed by atoms with Gasteiger partial charge in [-0.2, -0.15) is 5.10 Å². The third kappa shape index (κ3) is 5.50. The summed E-state index contributed by atoms with van der Waals surface area (Å²) in [5.41, 5.74) is 1.89. The van der Waals surface area contributed by atoms with Crippen molar-refractivity contribution in [1.82, 2.24) is 10.2 Å². The predicted molar refractivity (Wildman–Crippen MR) is 87.9 cm³/mol. The summed E-state index contributed by atoms with van der Waals surface area (Å²) in [6, 6.07) is 4.07. The molecule has 1 saturated carbocycles. The molecular weight excluding hydrogens is 256 g/mol. The van der Waals surface area contributed by atoms with Crippen LogP contribution >= 0.6 is 0 Å². The molecule has 0 bridgehead atoms. The van der Waals surface area contributed by atoms with Crippen LogP contribution in [0.2, 0.25) is 0 Å². The van der Waals surface area contributed by atoms with Crippen LogP contribution in [-0.4, -0.2) is 10.2 Å². The molecule has 2 heteroatoms. The lowest BCUT2D eigenvalue weighted by Gasteiger charge is -2.25. The Morgan fingerprint density at radius 3 is 2.48 bits per heavy atom. The van der Waals surface area contributed by atoms with Crippen LogP contribution in [-0.2, 0) is 6.42 Å². The summed E-state index contributed by atoms with van der Waals surface area (Å²) in [5, 5.41) is 8.44. The monoisotopic (exact) mass is 284 g/mol. The highest BCUT2D eigenvalue weighted by molar-refractivity contribution is 5.27. The highest BCUT2D eigenvalue weighted by Crippen LogP contribution is 2.31. The molecule has 0 aromatic carbocycles. The van der Waals surface area contributed by atoms with Gasteiger partial charge in [-0.15, -0.1) is 5.10 Å². The van der Waals surface area contributed by atoms with E-state index in [0.717, 1.165) is 30.1 Å². The minimum Gasteiger partial charge on any atom is -0.154 e. The zero-order chi connectivity index (χ0) is 14.9. The van der Waals surface area contributed by atoms with E-state index in [0.29, 0.717) is 5.92 Å². The highest BCUT2D eigenvalue weighted by Gasteiger charge is 2.19. The molecule has 114 valence electrons. The Labute approximate surface area is 129 Å². The lowest BCUT2D eigenvalue weighted by molar-refractivity contribution is 0.296. The van der Waals surface area contributed by atoms with Crippen molar-refractivity contribution in [2.24, 2.45) is 11.8 Å². The number of hydrogen-bond donors (Lipinski definition) is 0. The average molecular weight is 284 g/mol. The van der Waals surface area contributed by atoms with Crippen molar-refractivity contribution < 1.29 is 0 Å². The average Bonchev–Trinajstić information content (AvgIpc) is 2.53. The van der Waals surface area contributed by atoms with Gasteiger partial charge in [-0.1, -0.05) is 45.5 Å². The highest BCUT2D eigenvalue weighted by atomic mass is 15.1. The molecule has 2 rings (SSSR count). The maximum absolute atomic E-state index is 4.23. The van der Waals surface area contributed by atoms with Gasteiger partial charge in [-0.25, -0.2) is 0 Å². The van der Waals surface area contributed by atoms with Crippen molar-refractivity contribution in [2.75, 3.05) is 0 Å². The second kappa shape index (κ2) is 8.82. The van der Waals surface area contributed by atoms with Gasteiger partial charge in [0.15, 0.2) is 0 Å². The molecule has 21 heavy (non-hydrogen) atoms. The first-order valence-electron chi connectivity index (χ1n) is 8.66. The van der Waals surface area contributed by atoms with Gasteiger partial charge in [0.25, 0.3) is 0 Å². The first-order valence-corrected chi connectivity index (χ1v) is 8.66. The lowest BCUT2D eigenvalue weighted by Crippen LogP contribution is -2.13. The minimum atomic E-state index is 0.569. The van der Waals surface area contributed by atoms with Gasteiger partial charge in [0.05, 0.1) is 5.69 Å². The number of unbranched alkanes of at least 4 members (excludes halogenated alkanes) is 1. The van der Waals surface area contributed by atoms with Crippen LogP contribution in [0, 0.1) is 23.7 Å². The fourth-order valence-electron chi connectivity index (χ4n) is 3.08. The summed E-state index contributed by atoms with van der Waals surface area (Å²) in [7, 11) is 0. The van der Waals surface area contributed by atoms with Gasteiger partial charge in [-0.05, 0) is 56.1 Å². The van der Waals surface area contributed by atoms with Crippen LogP contribution in [0.1, 0.15) is 76.6 Å². The largest absolute Gasteiger partial charge is 0.154 e. The summed E-state index contributed by atoms with van der Waals surface area (Å²) < 4.78 is 0. The van der Waals surface area contributed by atoms with Gasteiger partial charge in [0.1, 0.15) is 5.69 Å². The summed E-state index contributed by atoms with van der Waals surface area (Å²) in [6.07, 6.45) is 11.5. The van der Waals surface area contributed by atoms with Gasteiger partial charge in [0.2, 0.25) is 0 Å². The number of aryl methyl sites for hydroxylation is 1. The molecule has 0 amide bonds. The van der Waals surface area contributed by atoms with E-state index in [9.17, 15) is 0 Å². The fraction of sp³-hybridized carbons (Fsp3) is 0.684. The lowest BCUT2D eigenvalue weighted by atomic mass is 9.80. The van der Waals surface area contributed by atoms with Crippen molar-refractivity contribution in [3.8, 4) is 11.8 Å². The van der Waals surface area contributed by atoms with E-state index in [1.54, 1.807) is 0 Å². The van der Waals surface area contributed by atoms with E-state index in [2.05, 4.69) is 42.0 Å². The van der Waals surface area contributed by atoms with Crippen LogP contribution in [0.5, 0.6) is 0 Å². The quantitative estimate of drug-likeness (QED) is 0.727. The Morgan fingerprint density at radius 2 is 1.86 bits per heavy atom. The normalized spacial score (nSPS) is 21.6. The molecule has 0 spiro atoms. The van der Waals surface area contributed by atoms with Crippen molar-refractivity contribution in [2.45, 2.75) is 71.6 Å². The minimum absolute atomic E-state index is 0.569. The smallest absolute Gasteiger partial charge is 0.135 e.